The quantitative estimate of drug-likeness (QED) is 0.671. The molecule has 2 aromatic rings. The molecule has 168 valence electrons. The van der Waals surface area contributed by atoms with Gasteiger partial charge in [0.05, 0.1) is 20.6 Å². The number of hydrogen-bond donors (Lipinski definition) is 1. The zero-order valence-corrected chi connectivity index (χ0v) is 18.3. The lowest BCUT2D eigenvalue weighted by Gasteiger charge is -2.29. The lowest BCUT2D eigenvalue weighted by molar-refractivity contribution is -0.136. The van der Waals surface area contributed by atoms with Crippen LogP contribution in [0.3, 0.4) is 0 Å². The van der Waals surface area contributed by atoms with Crippen LogP contribution in [0.2, 0.25) is 0 Å². The van der Waals surface area contributed by atoms with Crippen molar-refractivity contribution in [3.63, 3.8) is 0 Å². The number of benzene rings is 2. The molecule has 8 heteroatoms. The smallest absolute Gasteiger partial charge is 0.324 e. The van der Waals surface area contributed by atoms with Crippen LogP contribution in [0, 0.1) is 0 Å². The number of amides is 4. The summed E-state index contributed by atoms with van der Waals surface area (Å²) in [5.41, 5.74) is 3.29. The van der Waals surface area contributed by atoms with E-state index in [9.17, 15) is 14.4 Å². The summed E-state index contributed by atoms with van der Waals surface area (Å²) in [6.07, 6.45) is 1.24. The predicted molar refractivity (Wildman–Crippen MR) is 117 cm³/mol. The molecule has 2 aliphatic rings. The number of urea groups is 1. The molecule has 4 amide bonds. The molecule has 1 N–H and O–H groups in total. The predicted octanol–water partition coefficient (Wildman–Crippen LogP) is 2.14. The van der Waals surface area contributed by atoms with E-state index >= 15 is 0 Å². The van der Waals surface area contributed by atoms with Crippen LogP contribution in [0.25, 0.3) is 0 Å². The molecule has 0 spiro atoms. The Labute approximate surface area is 187 Å². The average Bonchev–Trinajstić information content (AvgIpc) is 3.08. The zero-order chi connectivity index (χ0) is 22.7. The lowest BCUT2D eigenvalue weighted by atomic mass is 9.99. The van der Waals surface area contributed by atoms with Crippen LogP contribution in [0.15, 0.2) is 42.5 Å². The Hall–Kier alpha value is -3.55. The Morgan fingerprint density at radius 2 is 1.81 bits per heavy atom. The van der Waals surface area contributed by atoms with E-state index in [1.807, 2.05) is 30.3 Å². The molecule has 2 aromatic carbocycles. The van der Waals surface area contributed by atoms with E-state index in [1.54, 1.807) is 25.2 Å². The molecule has 1 saturated heterocycles. The highest BCUT2D eigenvalue weighted by Crippen LogP contribution is 2.28. The maximum atomic E-state index is 12.8. The first-order chi connectivity index (χ1) is 15.5. The van der Waals surface area contributed by atoms with Gasteiger partial charge in [0, 0.05) is 19.6 Å². The number of fused-ring (bicyclic) bond motifs is 1. The second-order valence-electron chi connectivity index (χ2n) is 7.97. The van der Waals surface area contributed by atoms with Crippen LogP contribution >= 0.6 is 0 Å². The summed E-state index contributed by atoms with van der Waals surface area (Å²) < 4.78 is 10.5. The van der Waals surface area contributed by atoms with Crippen LogP contribution < -0.4 is 14.8 Å². The number of rotatable bonds is 7. The molecule has 2 heterocycles. The van der Waals surface area contributed by atoms with Gasteiger partial charge < -0.3 is 19.7 Å². The van der Waals surface area contributed by atoms with Gasteiger partial charge in [-0.15, -0.1) is 0 Å². The average molecular weight is 437 g/mol. The number of nitrogens with one attached hydrogen (secondary N) is 1. The highest BCUT2D eigenvalue weighted by atomic mass is 16.5. The van der Waals surface area contributed by atoms with E-state index < -0.39 is 12.1 Å². The van der Waals surface area contributed by atoms with Crippen molar-refractivity contribution in [2.75, 3.05) is 27.3 Å². The fourth-order valence-corrected chi connectivity index (χ4v) is 4.22. The van der Waals surface area contributed by atoms with Crippen LogP contribution in [-0.4, -0.2) is 61.0 Å². The topological polar surface area (TPSA) is 88.2 Å². The molecule has 0 saturated carbocycles. The van der Waals surface area contributed by atoms with Crippen molar-refractivity contribution in [1.29, 1.82) is 0 Å². The maximum absolute atomic E-state index is 12.8. The van der Waals surface area contributed by atoms with Crippen molar-refractivity contribution in [1.82, 2.24) is 15.1 Å². The Bertz CT molecular complexity index is 1040. The molecule has 0 aromatic heterocycles. The summed E-state index contributed by atoms with van der Waals surface area (Å²) in [7, 11) is 3.12. The van der Waals surface area contributed by atoms with Gasteiger partial charge in [-0.3, -0.25) is 14.5 Å². The van der Waals surface area contributed by atoms with E-state index in [0.29, 0.717) is 31.0 Å². The molecule has 4 rings (SSSR count). The van der Waals surface area contributed by atoms with Crippen LogP contribution in [0.5, 0.6) is 11.5 Å². The monoisotopic (exact) mass is 437 g/mol. The summed E-state index contributed by atoms with van der Waals surface area (Å²) in [5, 5.41) is 2.67. The molecule has 32 heavy (non-hydrogen) atoms. The van der Waals surface area contributed by atoms with Crippen LogP contribution in [0.4, 0.5) is 4.79 Å². The van der Waals surface area contributed by atoms with Gasteiger partial charge in [0.25, 0.3) is 5.91 Å². The largest absolute Gasteiger partial charge is 0.493 e. The molecule has 0 unspecified atom stereocenters. The standard InChI is InChI=1S/C24H27N3O5/c1-31-20-8-7-16(13-21(20)32-2)9-12-27-23(29)19(25-24(27)30)14-22(28)26-11-10-17-5-3-4-6-18(17)15-26/h3-8,13,19H,9-12,14-15H2,1-2H3,(H,25,30)/t19-/m0/s1. The second-order valence-corrected chi connectivity index (χ2v) is 7.97. The minimum atomic E-state index is -0.822. The molecule has 0 radical (unpaired) electrons. The fourth-order valence-electron chi connectivity index (χ4n) is 4.22. The Balaban J connectivity index is 1.34. The second kappa shape index (κ2) is 9.30. The number of hydrogen-bond acceptors (Lipinski definition) is 5. The minimum absolute atomic E-state index is 0.0282. The van der Waals surface area contributed by atoms with Gasteiger partial charge in [0.2, 0.25) is 5.91 Å². The molecule has 1 atom stereocenters. The molecule has 0 bridgehead atoms. The normalized spacial score (nSPS) is 17.8. The summed E-state index contributed by atoms with van der Waals surface area (Å²) in [5.74, 6) is 0.722. The van der Waals surface area contributed by atoms with Gasteiger partial charge in [0.15, 0.2) is 11.5 Å². The highest BCUT2D eigenvalue weighted by Gasteiger charge is 2.39. The molecular weight excluding hydrogens is 410 g/mol. The van der Waals surface area contributed by atoms with E-state index in [4.69, 9.17) is 9.47 Å². The molecule has 8 nitrogen and oxygen atoms in total. The molecule has 1 fully saturated rings. The summed E-state index contributed by atoms with van der Waals surface area (Å²) in [6.45, 7) is 1.38. The van der Waals surface area contributed by atoms with Gasteiger partial charge in [-0.1, -0.05) is 30.3 Å². The number of nitrogens with zero attached hydrogens (tertiary/aromatic N) is 2. The van der Waals surface area contributed by atoms with Gasteiger partial charge in [-0.25, -0.2) is 4.79 Å². The van der Waals surface area contributed by atoms with Gasteiger partial charge in [-0.05, 0) is 41.7 Å². The number of methoxy groups -OCH3 is 2. The first kappa shape index (κ1) is 21.7. The van der Waals surface area contributed by atoms with Crippen molar-refractivity contribution in [2.24, 2.45) is 0 Å². The SMILES string of the molecule is COc1ccc(CCN2C(=O)N[C@@H](CC(=O)N3CCc4ccccc4C3)C2=O)cc1OC. The lowest BCUT2D eigenvalue weighted by Crippen LogP contribution is -2.41. The van der Waals surface area contributed by atoms with Gasteiger partial charge in [0.1, 0.15) is 6.04 Å². The molecular formula is C24H27N3O5. The fraction of sp³-hybridized carbons (Fsp3) is 0.375. The van der Waals surface area contributed by atoms with E-state index in [2.05, 4.69) is 11.4 Å². The van der Waals surface area contributed by atoms with Crippen molar-refractivity contribution in [3.8, 4) is 11.5 Å². The summed E-state index contributed by atoms with van der Waals surface area (Å²) in [4.78, 5) is 40.9. The third-order valence-electron chi connectivity index (χ3n) is 6.04. The third-order valence-corrected chi connectivity index (χ3v) is 6.04. The summed E-state index contributed by atoms with van der Waals surface area (Å²) in [6, 6.07) is 12.3. The Kier molecular flexibility index (Phi) is 6.30. The zero-order valence-electron chi connectivity index (χ0n) is 18.3. The Morgan fingerprint density at radius 3 is 2.56 bits per heavy atom. The van der Waals surface area contributed by atoms with Crippen molar-refractivity contribution < 1.29 is 23.9 Å². The highest BCUT2D eigenvalue weighted by molar-refractivity contribution is 6.05. The number of imide groups is 1. The first-order valence-electron chi connectivity index (χ1n) is 10.7. The minimum Gasteiger partial charge on any atom is -0.493 e. The van der Waals surface area contributed by atoms with E-state index in [1.165, 1.54) is 10.5 Å². The van der Waals surface area contributed by atoms with Crippen LogP contribution in [0.1, 0.15) is 23.1 Å². The molecule has 2 aliphatic heterocycles. The van der Waals surface area contributed by atoms with Gasteiger partial charge in [-0.2, -0.15) is 0 Å². The summed E-state index contributed by atoms with van der Waals surface area (Å²) >= 11 is 0. The maximum Gasteiger partial charge on any atom is 0.324 e. The molecule has 0 aliphatic carbocycles. The number of carbonyl (C=O) groups is 3. The van der Waals surface area contributed by atoms with E-state index in [0.717, 1.165) is 17.5 Å². The Morgan fingerprint density at radius 1 is 1.06 bits per heavy atom. The first-order valence-corrected chi connectivity index (χ1v) is 10.7. The van der Waals surface area contributed by atoms with Crippen LogP contribution in [-0.2, 0) is 29.0 Å². The van der Waals surface area contributed by atoms with Crippen molar-refractivity contribution in [2.45, 2.75) is 31.8 Å². The third kappa shape index (κ3) is 4.39. The van der Waals surface area contributed by atoms with Gasteiger partial charge >= 0.3 is 6.03 Å². The van der Waals surface area contributed by atoms with Crippen molar-refractivity contribution >= 4 is 17.8 Å². The number of carbonyl (C=O) groups excluding carboxylic acids is 3. The van der Waals surface area contributed by atoms with E-state index in [-0.39, 0.29) is 24.8 Å². The van der Waals surface area contributed by atoms with Crippen molar-refractivity contribution in [3.05, 3.63) is 59.2 Å². The number of ether oxygens (including phenoxy) is 2.